The third-order valence-corrected chi connectivity index (χ3v) is 2.95. The minimum atomic E-state index is 0.132. The van der Waals surface area contributed by atoms with Crippen LogP contribution >= 0.6 is 0 Å². The number of nitrogens with zero attached hydrogens (tertiary/aromatic N) is 2. The summed E-state index contributed by atoms with van der Waals surface area (Å²) in [6, 6.07) is 0. The number of carbonyl (C=O) groups excluding carboxylic acids is 1. The van der Waals surface area contributed by atoms with Crippen molar-refractivity contribution in [3.05, 3.63) is 18.0 Å². The second kappa shape index (κ2) is 5.12. The Bertz CT molecular complexity index is 388. The molecule has 17 heavy (non-hydrogen) atoms. The number of amides is 1. The van der Waals surface area contributed by atoms with Crippen LogP contribution in [0, 0.1) is 5.92 Å². The lowest BCUT2D eigenvalue weighted by Gasteiger charge is -2.10. The van der Waals surface area contributed by atoms with Gasteiger partial charge >= 0.3 is 0 Å². The molecule has 1 aromatic rings. The second-order valence-corrected chi connectivity index (χ2v) is 4.75. The van der Waals surface area contributed by atoms with Crippen molar-refractivity contribution >= 4 is 11.9 Å². The first-order valence-electron chi connectivity index (χ1n) is 5.97. The van der Waals surface area contributed by atoms with Crippen LogP contribution in [0.2, 0.25) is 0 Å². The Kier molecular flexibility index (Phi) is 3.56. The molecule has 0 aromatic carbocycles. The summed E-state index contributed by atoms with van der Waals surface area (Å²) in [6.07, 6.45) is 4.28. The zero-order valence-corrected chi connectivity index (χ0v) is 10.2. The van der Waals surface area contributed by atoms with Crippen molar-refractivity contribution < 1.29 is 4.79 Å². The van der Waals surface area contributed by atoms with Crippen LogP contribution in [0.25, 0.3) is 0 Å². The average Bonchev–Trinajstić information content (AvgIpc) is 2.73. The van der Waals surface area contributed by atoms with Gasteiger partial charge in [-0.1, -0.05) is 13.8 Å². The van der Waals surface area contributed by atoms with Crippen LogP contribution in [0.1, 0.15) is 31.7 Å². The molecule has 1 saturated heterocycles. The van der Waals surface area contributed by atoms with Crippen molar-refractivity contribution in [2.75, 3.05) is 18.4 Å². The number of nitrogens with one attached hydrogen (secondary N) is 2. The summed E-state index contributed by atoms with van der Waals surface area (Å²) in [5.41, 5.74) is 1.13. The molecule has 5 nitrogen and oxygen atoms in total. The molecular weight excluding hydrogens is 216 g/mol. The topological polar surface area (TPSA) is 66.9 Å². The molecule has 92 valence electrons. The van der Waals surface area contributed by atoms with Crippen molar-refractivity contribution in [3.63, 3.8) is 0 Å². The maximum atomic E-state index is 11.0. The van der Waals surface area contributed by atoms with E-state index >= 15 is 0 Å². The van der Waals surface area contributed by atoms with Gasteiger partial charge in [-0.15, -0.1) is 0 Å². The van der Waals surface area contributed by atoms with Crippen LogP contribution in [-0.2, 0) is 4.79 Å². The van der Waals surface area contributed by atoms with Crippen molar-refractivity contribution in [3.8, 4) is 0 Å². The highest BCUT2D eigenvalue weighted by Gasteiger charge is 2.21. The summed E-state index contributed by atoms with van der Waals surface area (Å²) >= 11 is 0. The molecule has 0 spiro atoms. The lowest BCUT2D eigenvalue weighted by atomic mass is 10.1. The molecule has 1 aliphatic rings. The van der Waals surface area contributed by atoms with Crippen molar-refractivity contribution in [1.82, 2.24) is 15.3 Å². The van der Waals surface area contributed by atoms with E-state index in [1.54, 1.807) is 0 Å². The van der Waals surface area contributed by atoms with Gasteiger partial charge in [-0.2, -0.15) is 0 Å². The largest absolute Gasteiger partial charge is 0.356 e. The van der Waals surface area contributed by atoms with Crippen LogP contribution in [-0.4, -0.2) is 29.0 Å². The van der Waals surface area contributed by atoms with Gasteiger partial charge in [0.2, 0.25) is 11.9 Å². The fourth-order valence-electron chi connectivity index (χ4n) is 1.77. The van der Waals surface area contributed by atoms with E-state index in [0.717, 1.165) is 18.7 Å². The summed E-state index contributed by atoms with van der Waals surface area (Å²) < 4.78 is 0. The van der Waals surface area contributed by atoms with Crippen molar-refractivity contribution in [2.45, 2.75) is 26.2 Å². The van der Waals surface area contributed by atoms with E-state index in [0.29, 0.717) is 24.2 Å². The van der Waals surface area contributed by atoms with E-state index < -0.39 is 0 Å². The van der Waals surface area contributed by atoms with Crippen LogP contribution in [0.4, 0.5) is 5.95 Å². The molecule has 2 N–H and O–H groups in total. The lowest BCUT2D eigenvalue weighted by molar-refractivity contribution is -0.119. The first-order chi connectivity index (χ1) is 8.15. The first-order valence-corrected chi connectivity index (χ1v) is 5.97. The predicted octanol–water partition coefficient (Wildman–Crippen LogP) is 1.15. The molecule has 1 unspecified atom stereocenters. The van der Waals surface area contributed by atoms with E-state index in [9.17, 15) is 4.79 Å². The molecule has 1 atom stereocenters. The Balaban J connectivity index is 1.85. The van der Waals surface area contributed by atoms with E-state index in [4.69, 9.17) is 0 Å². The van der Waals surface area contributed by atoms with Crippen LogP contribution in [0.15, 0.2) is 12.4 Å². The predicted molar refractivity (Wildman–Crippen MR) is 65.7 cm³/mol. The minimum Gasteiger partial charge on any atom is -0.356 e. The van der Waals surface area contributed by atoms with Gasteiger partial charge in [0.25, 0.3) is 0 Å². The van der Waals surface area contributed by atoms with Gasteiger partial charge in [-0.25, -0.2) is 9.97 Å². The van der Waals surface area contributed by atoms with Gasteiger partial charge in [-0.3, -0.25) is 4.79 Å². The van der Waals surface area contributed by atoms with Gasteiger partial charge in [-0.05, 0) is 11.5 Å². The summed E-state index contributed by atoms with van der Waals surface area (Å²) in [5.74, 6) is 1.55. The molecule has 2 rings (SSSR count). The highest BCUT2D eigenvalue weighted by atomic mass is 16.1. The monoisotopic (exact) mass is 234 g/mol. The molecule has 0 saturated carbocycles. The maximum Gasteiger partial charge on any atom is 0.222 e. The lowest BCUT2D eigenvalue weighted by Crippen LogP contribution is -2.18. The van der Waals surface area contributed by atoms with Crippen molar-refractivity contribution in [1.29, 1.82) is 0 Å². The smallest absolute Gasteiger partial charge is 0.222 e. The third kappa shape index (κ3) is 3.15. The molecule has 0 radical (unpaired) electrons. The Labute approximate surface area is 101 Å². The van der Waals surface area contributed by atoms with Crippen LogP contribution < -0.4 is 10.6 Å². The summed E-state index contributed by atoms with van der Waals surface area (Å²) in [5, 5.41) is 5.97. The zero-order valence-electron chi connectivity index (χ0n) is 10.2. The molecule has 5 heteroatoms. The normalized spacial score (nSPS) is 19.5. The molecule has 1 aromatic heterocycles. The van der Waals surface area contributed by atoms with Crippen molar-refractivity contribution in [2.24, 2.45) is 5.92 Å². The molecule has 1 amide bonds. The molecule has 1 fully saturated rings. The number of rotatable bonds is 4. The Morgan fingerprint density at radius 2 is 2.18 bits per heavy atom. The number of hydrogen-bond donors (Lipinski definition) is 2. The average molecular weight is 234 g/mol. The maximum absolute atomic E-state index is 11.0. The molecule has 0 bridgehead atoms. The fourth-order valence-corrected chi connectivity index (χ4v) is 1.77. The Hall–Kier alpha value is -1.65. The van der Waals surface area contributed by atoms with E-state index in [-0.39, 0.29) is 5.91 Å². The molecular formula is C12H18N4O. The number of hydrogen-bond acceptors (Lipinski definition) is 4. The molecule has 2 heterocycles. The van der Waals surface area contributed by atoms with Crippen LogP contribution in [0.5, 0.6) is 0 Å². The first kappa shape index (κ1) is 11.8. The number of carbonyl (C=O) groups is 1. The van der Waals surface area contributed by atoms with Gasteiger partial charge in [0.15, 0.2) is 0 Å². The third-order valence-electron chi connectivity index (χ3n) is 2.95. The highest BCUT2D eigenvalue weighted by molar-refractivity contribution is 5.78. The second-order valence-electron chi connectivity index (χ2n) is 4.75. The van der Waals surface area contributed by atoms with Gasteiger partial charge in [0.05, 0.1) is 0 Å². The molecule has 1 aliphatic heterocycles. The number of anilines is 1. The SMILES string of the molecule is CC(C)c1cnc(NCC2CNC(=O)C2)nc1. The summed E-state index contributed by atoms with van der Waals surface area (Å²) in [6.45, 7) is 5.71. The highest BCUT2D eigenvalue weighted by Crippen LogP contribution is 2.13. The Morgan fingerprint density at radius 3 is 2.71 bits per heavy atom. The minimum absolute atomic E-state index is 0.132. The Morgan fingerprint density at radius 1 is 1.47 bits per heavy atom. The van der Waals surface area contributed by atoms with Gasteiger partial charge in [0, 0.05) is 37.8 Å². The van der Waals surface area contributed by atoms with E-state index in [1.165, 1.54) is 0 Å². The summed E-state index contributed by atoms with van der Waals surface area (Å²) in [4.78, 5) is 19.5. The summed E-state index contributed by atoms with van der Waals surface area (Å²) in [7, 11) is 0. The van der Waals surface area contributed by atoms with E-state index in [2.05, 4.69) is 34.4 Å². The van der Waals surface area contributed by atoms with Gasteiger partial charge < -0.3 is 10.6 Å². The number of aromatic nitrogens is 2. The quantitative estimate of drug-likeness (QED) is 0.820. The standard InChI is InChI=1S/C12H18N4O/c1-8(2)10-6-15-12(16-7-10)14-5-9-3-11(17)13-4-9/h6-9H,3-5H2,1-2H3,(H,13,17)(H,14,15,16). The molecule has 0 aliphatic carbocycles. The van der Waals surface area contributed by atoms with Gasteiger partial charge in [0.1, 0.15) is 0 Å². The zero-order chi connectivity index (χ0) is 12.3. The van der Waals surface area contributed by atoms with Crippen LogP contribution in [0.3, 0.4) is 0 Å². The van der Waals surface area contributed by atoms with E-state index in [1.807, 2.05) is 12.4 Å². The fraction of sp³-hybridized carbons (Fsp3) is 0.583.